The molecular formula is C29H28F3N5O3. The van der Waals surface area contributed by atoms with Crippen LogP contribution in [0.4, 0.5) is 24.5 Å². The number of anilines is 2. The van der Waals surface area contributed by atoms with Gasteiger partial charge in [0.05, 0.1) is 29.2 Å². The second-order valence-electron chi connectivity index (χ2n) is 10.4. The van der Waals surface area contributed by atoms with Crippen LogP contribution in [0.1, 0.15) is 30.4 Å². The summed E-state index contributed by atoms with van der Waals surface area (Å²) in [6, 6.07) is 11.0. The number of aliphatic hydroxyl groups excluding tert-OH is 1. The number of β-amino-alcohol motifs (C(OH)–C–C–N with tert-alkyl or cyclic N) is 1. The number of oxazole rings is 1. The molecule has 0 aliphatic carbocycles. The first kappa shape index (κ1) is 26.1. The Morgan fingerprint density at radius 1 is 0.975 bits per heavy atom. The Balaban J connectivity index is 1.57. The molecule has 1 atom stereocenters. The molecule has 0 radical (unpaired) electrons. The van der Waals surface area contributed by atoms with Gasteiger partial charge in [-0.2, -0.15) is 23.0 Å². The van der Waals surface area contributed by atoms with Gasteiger partial charge in [-0.3, -0.25) is 4.79 Å². The maximum atomic E-state index is 14.3. The van der Waals surface area contributed by atoms with Crippen LogP contribution in [0, 0.1) is 6.92 Å². The zero-order chi connectivity index (χ0) is 28.0. The minimum atomic E-state index is -4.72. The summed E-state index contributed by atoms with van der Waals surface area (Å²) in [5, 5.41) is 14.5. The predicted octanol–water partition coefficient (Wildman–Crippen LogP) is 5.05. The minimum Gasteiger partial charge on any atom is -0.444 e. The lowest BCUT2D eigenvalue weighted by Gasteiger charge is -2.23. The molecule has 2 fully saturated rings. The Hall–Kier alpha value is -4.12. The molecule has 208 valence electrons. The molecule has 2 aliphatic heterocycles. The van der Waals surface area contributed by atoms with E-state index in [1.807, 2.05) is 34.9 Å². The van der Waals surface area contributed by atoms with Gasteiger partial charge < -0.3 is 19.3 Å². The van der Waals surface area contributed by atoms with Gasteiger partial charge in [-0.1, -0.05) is 0 Å². The standard InChI is InChI=1S/C29H28F3N5O3/c1-18-10-19(12-20(11-18)27-15-33-17-40-27)24-14-26(35-7-2-3-8-35)28(39)37(34-24)25-13-21(36-9-6-22(38)16-36)4-5-23(25)29(30,31)32/h4-5,10-15,17,22,38H,2-3,6-9,16H2,1H3. The van der Waals surface area contributed by atoms with Gasteiger partial charge in [0.1, 0.15) is 5.69 Å². The van der Waals surface area contributed by atoms with Gasteiger partial charge in [0, 0.05) is 43.0 Å². The maximum Gasteiger partial charge on any atom is 0.418 e. The molecule has 8 nitrogen and oxygen atoms in total. The topological polar surface area (TPSA) is 87.6 Å². The fraction of sp³-hybridized carbons (Fsp3) is 0.345. The third-order valence-electron chi connectivity index (χ3n) is 7.47. The van der Waals surface area contributed by atoms with E-state index in [2.05, 4.69) is 10.1 Å². The summed E-state index contributed by atoms with van der Waals surface area (Å²) in [5.74, 6) is 0.540. The molecule has 0 saturated carbocycles. The molecule has 4 heterocycles. The number of aromatic nitrogens is 3. The summed E-state index contributed by atoms with van der Waals surface area (Å²) in [6.45, 7) is 3.97. The Labute approximate surface area is 228 Å². The van der Waals surface area contributed by atoms with Crippen LogP contribution in [0.3, 0.4) is 0 Å². The lowest BCUT2D eigenvalue weighted by atomic mass is 10.0. The van der Waals surface area contributed by atoms with Crippen molar-refractivity contribution in [3.8, 4) is 28.3 Å². The summed E-state index contributed by atoms with van der Waals surface area (Å²) < 4.78 is 49.3. The first-order valence-corrected chi connectivity index (χ1v) is 13.2. The van der Waals surface area contributed by atoms with Gasteiger partial charge in [0.15, 0.2) is 12.2 Å². The van der Waals surface area contributed by atoms with Crippen LogP contribution in [0.25, 0.3) is 28.3 Å². The van der Waals surface area contributed by atoms with Gasteiger partial charge in [-0.25, -0.2) is 4.98 Å². The van der Waals surface area contributed by atoms with E-state index in [1.54, 1.807) is 12.3 Å². The number of alkyl halides is 3. The van der Waals surface area contributed by atoms with Crippen LogP contribution in [-0.4, -0.2) is 52.2 Å². The number of benzene rings is 2. The second kappa shape index (κ2) is 10.1. The first-order chi connectivity index (χ1) is 19.2. The highest BCUT2D eigenvalue weighted by molar-refractivity contribution is 5.72. The van der Waals surface area contributed by atoms with Crippen molar-refractivity contribution in [1.29, 1.82) is 0 Å². The molecule has 4 aromatic rings. The van der Waals surface area contributed by atoms with Crippen LogP contribution >= 0.6 is 0 Å². The Morgan fingerprint density at radius 2 is 1.75 bits per heavy atom. The number of rotatable bonds is 5. The average Bonchev–Trinajstić information content (AvgIpc) is 3.71. The highest BCUT2D eigenvalue weighted by atomic mass is 19.4. The molecule has 1 N–H and O–H groups in total. The quantitative estimate of drug-likeness (QED) is 0.371. The molecular weight excluding hydrogens is 523 g/mol. The van der Waals surface area contributed by atoms with Gasteiger partial charge >= 0.3 is 6.18 Å². The molecule has 2 saturated heterocycles. The Kier molecular flexibility index (Phi) is 6.61. The first-order valence-electron chi connectivity index (χ1n) is 13.2. The molecule has 1 unspecified atom stereocenters. The van der Waals surface area contributed by atoms with E-state index in [4.69, 9.17) is 4.42 Å². The van der Waals surface area contributed by atoms with E-state index in [-0.39, 0.29) is 5.69 Å². The van der Waals surface area contributed by atoms with Gasteiger partial charge in [0.25, 0.3) is 5.56 Å². The molecule has 2 aromatic heterocycles. The van der Waals surface area contributed by atoms with Crippen molar-refractivity contribution in [3.63, 3.8) is 0 Å². The van der Waals surface area contributed by atoms with E-state index < -0.39 is 23.4 Å². The highest BCUT2D eigenvalue weighted by Gasteiger charge is 2.36. The highest BCUT2D eigenvalue weighted by Crippen LogP contribution is 2.37. The lowest BCUT2D eigenvalue weighted by molar-refractivity contribution is -0.137. The average molecular weight is 552 g/mol. The van der Waals surface area contributed by atoms with E-state index in [1.165, 1.54) is 18.5 Å². The molecule has 2 aromatic carbocycles. The summed E-state index contributed by atoms with van der Waals surface area (Å²) in [7, 11) is 0. The van der Waals surface area contributed by atoms with E-state index in [0.717, 1.165) is 34.7 Å². The Bertz CT molecular complexity index is 1590. The van der Waals surface area contributed by atoms with Crippen molar-refractivity contribution in [2.24, 2.45) is 0 Å². The number of hydrogen-bond donors (Lipinski definition) is 1. The molecule has 0 spiro atoms. The SMILES string of the molecule is Cc1cc(-c2cc(N3CCCC3)c(=O)n(-c3cc(N4CCC(O)C4)ccc3C(F)(F)F)n2)cc(-c2cnco2)c1. The lowest BCUT2D eigenvalue weighted by Crippen LogP contribution is -2.32. The van der Waals surface area contributed by atoms with Crippen LogP contribution < -0.4 is 15.4 Å². The summed E-state index contributed by atoms with van der Waals surface area (Å²) in [4.78, 5) is 21.5. The third-order valence-corrected chi connectivity index (χ3v) is 7.47. The van der Waals surface area contributed by atoms with E-state index >= 15 is 0 Å². The normalized spacial score (nSPS) is 17.7. The molecule has 0 bridgehead atoms. The van der Waals surface area contributed by atoms with Crippen LogP contribution in [-0.2, 0) is 6.18 Å². The minimum absolute atomic E-state index is 0.305. The van der Waals surface area contributed by atoms with E-state index in [9.17, 15) is 23.1 Å². The Morgan fingerprint density at radius 3 is 2.42 bits per heavy atom. The van der Waals surface area contributed by atoms with Crippen molar-refractivity contribution in [2.45, 2.75) is 38.5 Å². The van der Waals surface area contributed by atoms with Crippen molar-refractivity contribution >= 4 is 11.4 Å². The number of nitrogens with zero attached hydrogens (tertiary/aromatic N) is 5. The van der Waals surface area contributed by atoms with Crippen molar-refractivity contribution in [1.82, 2.24) is 14.8 Å². The van der Waals surface area contributed by atoms with Crippen LogP contribution in [0.15, 0.2) is 64.3 Å². The number of hydrogen-bond acceptors (Lipinski definition) is 7. The zero-order valence-electron chi connectivity index (χ0n) is 21.9. The van der Waals surface area contributed by atoms with E-state index in [0.29, 0.717) is 61.0 Å². The molecule has 40 heavy (non-hydrogen) atoms. The van der Waals surface area contributed by atoms with Crippen molar-refractivity contribution < 1.29 is 22.7 Å². The molecule has 11 heteroatoms. The fourth-order valence-corrected chi connectivity index (χ4v) is 5.51. The smallest absolute Gasteiger partial charge is 0.418 e. The zero-order valence-corrected chi connectivity index (χ0v) is 21.9. The van der Waals surface area contributed by atoms with Gasteiger partial charge in [0.2, 0.25) is 0 Å². The second-order valence-corrected chi connectivity index (χ2v) is 10.4. The summed E-state index contributed by atoms with van der Waals surface area (Å²) in [6.07, 6.45) is -0.0757. The maximum absolute atomic E-state index is 14.3. The third kappa shape index (κ3) is 4.97. The monoisotopic (exact) mass is 551 g/mol. The molecule has 2 aliphatic rings. The number of aryl methyl sites for hydroxylation is 1. The molecule has 6 rings (SSSR count). The van der Waals surface area contributed by atoms with Gasteiger partial charge in [-0.15, -0.1) is 0 Å². The van der Waals surface area contributed by atoms with Gasteiger partial charge in [-0.05, 0) is 74.2 Å². The summed E-state index contributed by atoms with van der Waals surface area (Å²) in [5.41, 5.74) is 1.50. The number of halogens is 3. The van der Waals surface area contributed by atoms with Crippen molar-refractivity contribution in [3.05, 3.63) is 76.5 Å². The van der Waals surface area contributed by atoms with Crippen LogP contribution in [0.5, 0.6) is 0 Å². The molecule has 0 amide bonds. The van der Waals surface area contributed by atoms with Crippen molar-refractivity contribution in [2.75, 3.05) is 36.0 Å². The fourth-order valence-electron chi connectivity index (χ4n) is 5.51. The number of aliphatic hydroxyl groups is 1. The summed E-state index contributed by atoms with van der Waals surface area (Å²) >= 11 is 0. The van der Waals surface area contributed by atoms with Crippen LogP contribution in [0.2, 0.25) is 0 Å². The predicted molar refractivity (Wildman–Crippen MR) is 145 cm³/mol. The largest absolute Gasteiger partial charge is 0.444 e.